The van der Waals surface area contributed by atoms with Crippen molar-refractivity contribution in [2.24, 2.45) is 10.7 Å². The molecule has 126 valence electrons. The lowest BCUT2D eigenvalue weighted by molar-refractivity contribution is 0.0179. The molecule has 0 amide bonds. The van der Waals surface area contributed by atoms with Crippen LogP contribution in [0.2, 0.25) is 0 Å². The van der Waals surface area contributed by atoms with Gasteiger partial charge in [-0.05, 0) is 67.7 Å². The van der Waals surface area contributed by atoms with Gasteiger partial charge in [0.1, 0.15) is 0 Å². The third-order valence-electron chi connectivity index (χ3n) is 4.83. The van der Waals surface area contributed by atoms with E-state index in [1.165, 1.54) is 5.56 Å². The van der Waals surface area contributed by atoms with Crippen molar-refractivity contribution in [3.05, 3.63) is 35.5 Å². The van der Waals surface area contributed by atoms with Gasteiger partial charge in [-0.2, -0.15) is 0 Å². The number of aliphatic hydroxyl groups is 2. The summed E-state index contributed by atoms with van der Waals surface area (Å²) >= 11 is 0. The SMILES string of the molecule is C=N/C=C/c1cccc(P)c1CC[C@@H](O)C1(N)CCC(O)CC1. The van der Waals surface area contributed by atoms with Crippen LogP contribution in [-0.2, 0) is 6.42 Å². The molecule has 1 aliphatic rings. The van der Waals surface area contributed by atoms with Crippen molar-refractivity contribution in [1.82, 2.24) is 0 Å². The Kier molecular flexibility index (Phi) is 6.49. The molecule has 1 unspecified atom stereocenters. The van der Waals surface area contributed by atoms with Gasteiger partial charge in [-0.25, -0.2) is 0 Å². The lowest BCUT2D eigenvalue weighted by atomic mass is 9.76. The molecule has 1 aromatic carbocycles. The van der Waals surface area contributed by atoms with Crippen molar-refractivity contribution in [3.63, 3.8) is 0 Å². The van der Waals surface area contributed by atoms with Crippen molar-refractivity contribution >= 4 is 27.3 Å². The van der Waals surface area contributed by atoms with Gasteiger partial charge in [0, 0.05) is 11.7 Å². The highest BCUT2D eigenvalue weighted by Crippen LogP contribution is 2.31. The standard InChI is InChI=1S/C18H27N2O2P/c1-20-12-9-13-3-2-4-16(23)15(13)5-6-17(22)18(19)10-7-14(21)8-11-18/h2-4,9,12,14,17,21-22H,1,5-8,10-11,19,23H2/b12-9+/t14?,17-,18?/m1/s1. The summed E-state index contributed by atoms with van der Waals surface area (Å²) in [6.45, 7) is 3.46. The summed E-state index contributed by atoms with van der Waals surface area (Å²) in [4.78, 5) is 3.76. The Labute approximate surface area is 140 Å². The van der Waals surface area contributed by atoms with Crippen LogP contribution in [0, 0.1) is 0 Å². The molecule has 0 saturated heterocycles. The van der Waals surface area contributed by atoms with Crippen LogP contribution in [0.25, 0.3) is 6.08 Å². The van der Waals surface area contributed by atoms with Gasteiger partial charge in [0.15, 0.2) is 0 Å². The van der Waals surface area contributed by atoms with Gasteiger partial charge in [-0.1, -0.05) is 18.2 Å². The van der Waals surface area contributed by atoms with Gasteiger partial charge >= 0.3 is 0 Å². The normalized spacial score (nSPS) is 26.3. The number of nitrogens with zero attached hydrogens (tertiary/aromatic N) is 1. The zero-order valence-electron chi connectivity index (χ0n) is 13.5. The summed E-state index contributed by atoms with van der Waals surface area (Å²) in [5.74, 6) is 0. The summed E-state index contributed by atoms with van der Waals surface area (Å²) in [5.41, 5.74) is 8.07. The lowest BCUT2D eigenvalue weighted by Gasteiger charge is -2.39. The Morgan fingerprint density at radius 1 is 1.43 bits per heavy atom. The minimum atomic E-state index is -0.576. The first kappa shape index (κ1) is 18.3. The van der Waals surface area contributed by atoms with E-state index in [1.807, 2.05) is 24.3 Å². The Morgan fingerprint density at radius 3 is 2.78 bits per heavy atom. The third kappa shape index (κ3) is 4.71. The van der Waals surface area contributed by atoms with Crippen LogP contribution in [0.5, 0.6) is 0 Å². The number of hydrogen-bond donors (Lipinski definition) is 3. The molecular weight excluding hydrogens is 307 g/mol. The van der Waals surface area contributed by atoms with E-state index >= 15 is 0 Å². The molecular formula is C18H27N2O2P. The average molecular weight is 334 g/mol. The monoisotopic (exact) mass is 334 g/mol. The molecule has 2 rings (SSSR count). The van der Waals surface area contributed by atoms with Crippen LogP contribution in [-0.4, -0.2) is 34.7 Å². The Balaban J connectivity index is 2.05. The Hall–Kier alpha value is -1.06. The molecule has 0 spiro atoms. The second-order valence-electron chi connectivity index (χ2n) is 6.43. The van der Waals surface area contributed by atoms with E-state index in [1.54, 1.807) is 6.20 Å². The molecule has 4 nitrogen and oxygen atoms in total. The lowest BCUT2D eigenvalue weighted by Crippen LogP contribution is -2.53. The summed E-state index contributed by atoms with van der Waals surface area (Å²) in [6, 6.07) is 6.07. The van der Waals surface area contributed by atoms with Gasteiger partial charge in [-0.15, -0.1) is 9.24 Å². The highest BCUT2D eigenvalue weighted by molar-refractivity contribution is 7.27. The maximum atomic E-state index is 10.6. The van der Waals surface area contributed by atoms with Crippen molar-refractivity contribution in [2.75, 3.05) is 0 Å². The smallest absolute Gasteiger partial charge is 0.0722 e. The molecule has 2 atom stereocenters. The molecule has 4 N–H and O–H groups in total. The van der Waals surface area contributed by atoms with E-state index in [0.29, 0.717) is 32.1 Å². The van der Waals surface area contributed by atoms with Crippen molar-refractivity contribution < 1.29 is 10.2 Å². The predicted octanol–water partition coefficient (Wildman–Crippen LogP) is 1.78. The summed E-state index contributed by atoms with van der Waals surface area (Å²) in [6.07, 6.45) is 6.82. The number of nitrogens with two attached hydrogens (primary N) is 1. The first-order valence-corrected chi connectivity index (χ1v) is 8.69. The molecule has 5 heteroatoms. The van der Waals surface area contributed by atoms with Crippen LogP contribution in [0.1, 0.15) is 43.2 Å². The van der Waals surface area contributed by atoms with E-state index in [4.69, 9.17) is 5.73 Å². The van der Waals surface area contributed by atoms with Crippen LogP contribution in [0.15, 0.2) is 29.4 Å². The van der Waals surface area contributed by atoms with E-state index < -0.39 is 11.6 Å². The topological polar surface area (TPSA) is 78.8 Å². The van der Waals surface area contributed by atoms with E-state index in [0.717, 1.165) is 17.3 Å². The fourth-order valence-corrected chi connectivity index (χ4v) is 3.66. The second kappa shape index (κ2) is 8.16. The minimum absolute atomic E-state index is 0.269. The average Bonchev–Trinajstić information content (AvgIpc) is 2.54. The van der Waals surface area contributed by atoms with Gasteiger partial charge in [0.25, 0.3) is 0 Å². The maximum Gasteiger partial charge on any atom is 0.0722 e. The highest BCUT2D eigenvalue weighted by Gasteiger charge is 2.37. The fourth-order valence-electron chi connectivity index (χ4n) is 3.24. The van der Waals surface area contributed by atoms with Crippen LogP contribution >= 0.6 is 9.24 Å². The summed E-state index contributed by atoms with van der Waals surface area (Å²) in [7, 11) is 2.75. The van der Waals surface area contributed by atoms with Gasteiger partial charge in [0.2, 0.25) is 0 Å². The quantitative estimate of drug-likeness (QED) is 0.548. The Morgan fingerprint density at radius 2 is 2.13 bits per heavy atom. The number of aliphatic hydroxyl groups excluding tert-OH is 2. The van der Waals surface area contributed by atoms with Crippen molar-refractivity contribution in [3.8, 4) is 0 Å². The van der Waals surface area contributed by atoms with Crippen molar-refractivity contribution in [1.29, 1.82) is 0 Å². The van der Waals surface area contributed by atoms with Gasteiger partial charge in [0.05, 0.1) is 12.2 Å². The largest absolute Gasteiger partial charge is 0.393 e. The number of rotatable bonds is 6. The molecule has 0 heterocycles. The van der Waals surface area contributed by atoms with E-state index in [2.05, 4.69) is 20.9 Å². The molecule has 0 aromatic heterocycles. The molecule has 1 aromatic rings. The molecule has 1 fully saturated rings. The molecule has 1 aliphatic carbocycles. The minimum Gasteiger partial charge on any atom is -0.393 e. The number of benzene rings is 1. The van der Waals surface area contributed by atoms with Crippen LogP contribution in [0.4, 0.5) is 0 Å². The molecule has 0 radical (unpaired) electrons. The molecule has 23 heavy (non-hydrogen) atoms. The Bertz CT molecular complexity index is 566. The molecule has 0 aliphatic heterocycles. The van der Waals surface area contributed by atoms with Crippen molar-refractivity contribution in [2.45, 2.75) is 56.3 Å². The van der Waals surface area contributed by atoms with Gasteiger partial charge < -0.3 is 15.9 Å². The zero-order valence-corrected chi connectivity index (χ0v) is 14.6. The molecule has 0 bridgehead atoms. The first-order valence-electron chi connectivity index (χ1n) is 8.11. The third-order valence-corrected chi connectivity index (χ3v) is 5.37. The van der Waals surface area contributed by atoms with Gasteiger partial charge in [-0.3, -0.25) is 4.99 Å². The van der Waals surface area contributed by atoms with E-state index in [-0.39, 0.29) is 6.10 Å². The zero-order chi connectivity index (χ0) is 16.9. The highest BCUT2D eigenvalue weighted by atomic mass is 31.0. The second-order valence-corrected chi connectivity index (χ2v) is 7.05. The van der Waals surface area contributed by atoms with E-state index in [9.17, 15) is 10.2 Å². The van der Waals surface area contributed by atoms with Crippen LogP contribution < -0.4 is 11.0 Å². The number of aliphatic imine (C=N–C) groups is 1. The molecule has 1 saturated carbocycles. The predicted molar refractivity (Wildman–Crippen MR) is 100 cm³/mol. The fraction of sp³-hybridized carbons (Fsp3) is 0.500. The summed E-state index contributed by atoms with van der Waals surface area (Å²) in [5, 5.41) is 21.3. The summed E-state index contributed by atoms with van der Waals surface area (Å²) < 4.78 is 0. The van der Waals surface area contributed by atoms with Crippen LogP contribution in [0.3, 0.4) is 0 Å². The first-order chi connectivity index (χ1) is 11.0. The maximum absolute atomic E-state index is 10.6. The number of hydrogen-bond acceptors (Lipinski definition) is 4.